The van der Waals surface area contributed by atoms with Crippen LogP contribution in [-0.2, 0) is 14.3 Å². The second-order valence-electron chi connectivity index (χ2n) is 8.25. The number of rotatable bonds is 12. The molecule has 1 aliphatic heterocycles. The molecule has 2 atom stereocenters. The Labute approximate surface area is 212 Å². The molecule has 2 aromatic heterocycles. The van der Waals surface area contributed by atoms with Crippen LogP contribution in [0, 0.1) is 10.1 Å². The van der Waals surface area contributed by atoms with E-state index in [2.05, 4.69) is 33.1 Å². The highest BCUT2D eigenvalue weighted by atomic mass is 32.1. The Morgan fingerprint density at radius 3 is 2.89 bits per heavy atom. The van der Waals surface area contributed by atoms with E-state index >= 15 is 0 Å². The van der Waals surface area contributed by atoms with Crippen molar-refractivity contribution in [1.29, 1.82) is 0 Å². The quantitative estimate of drug-likeness (QED) is 0.189. The molecule has 0 aliphatic carbocycles. The topological polar surface area (TPSA) is 136 Å². The number of allylic oxidation sites excluding steroid dienone is 1. The van der Waals surface area contributed by atoms with Gasteiger partial charge in [-0.3, -0.25) is 14.9 Å². The molecule has 11 heteroatoms. The molecule has 1 amide bonds. The minimum atomic E-state index is -0.569. The van der Waals surface area contributed by atoms with E-state index in [9.17, 15) is 14.9 Å². The van der Waals surface area contributed by atoms with Crippen molar-refractivity contribution in [1.82, 2.24) is 10.3 Å². The molecule has 10 nitrogen and oxygen atoms in total. The molecule has 3 N–H and O–H groups in total. The summed E-state index contributed by atoms with van der Waals surface area (Å²) in [6.45, 7) is 1.22. The first-order valence-electron chi connectivity index (χ1n) is 11.7. The molecule has 4 rings (SSSR count). The van der Waals surface area contributed by atoms with Crippen LogP contribution in [0.15, 0.2) is 59.8 Å². The number of anilines is 1. The highest BCUT2D eigenvalue weighted by Crippen LogP contribution is 2.38. The van der Waals surface area contributed by atoms with E-state index in [1.807, 2.05) is 18.2 Å². The van der Waals surface area contributed by atoms with Crippen LogP contribution >= 0.6 is 11.3 Å². The maximum absolute atomic E-state index is 12.9. The Bertz CT molecular complexity index is 1210. The average molecular weight is 513 g/mol. The number of aliphatic hydroxyl groups excluding tert-OH is 1. The summed E-state index contributed by atoms with van der Waals surface area (Å²) in [5.74, 6) is 0.299. The number of thiophene rings is 1. The van der Waals surface area contributed by atoms with Gasteiger partial charge in [-0.15, -0.1) is 11.3 Å². The van der Waals surface area contributed by atoms with Crippen molar-refractivity contribution < 1.29 is 24.3 Å². The molecule has 190 valence electrons. The van der Waals surface area contributed by atoms with Crippen LogP contribution < -0.4 is 10.6 Å². The van der Waals surface area contributed by atoms with Gasteiger partial charge in [-0.05, 0) is 47.4 Å². The molecule has 0 fully saturated rings. The number of hydrogen-bond acceptors (Lipinski definition) is 9. The minimum absolute atomic E-state index is 0.0408. The SMILES string of the molecule is O=C(NCCNc1ccc([N+](=O)[O-])cn1)C1=C[C@@H](c2csc3ccccc23)C[C@@H](OCCCCO)O1. The summed E-state index contributed by atoms with van der Waals surface area (Å²) in [7, 11) is 0. The number of unbranched alkanes of at least 4 members (excludes halogenated alkanes) is 1. The van der Waals surface area contributed by atoms with Crippen LogP contribution in [-0.4, -0.2) is 53.5 Å². The predicted molar refractivity (Wildman–Crippen MR) is 137 cm³/mol. The third kappa shape index (κ3) is 6.56. The maximum Gasteiger partial charge on any atom is 0.287 e. The summed E-state index contributed by atoms with van der Waals surface area (Å²) in [4.78, 5) is 27.1. The average Bonchev–Trinajstić information content (AvgIpc) is 3.33. The Kier molecular flexibility index (Phi) is 8.82. The molecule has 1 aliphatic rings. The van der Waals surface area contributed by atoms with Gasteiger partial charge in [0.1, 0.15) is 12.0 Å². The van der Waals surface area contributed by atoms with Gasteiger partial charge >= 0.3 is 0 Å². The molecule has 0 radical (unpaired) electrons. The van der Waals surface area contributed by atoms with Crippen LogP contribution in [0.25, 0.3) is 10.1 Å². The lowest BCUT2D eigenvalue weighted by Crippen LogP contribution is -2.35. The fourth-order valence-electron chi connectivity index (χ4n) is 3.90. The molecule has 0 saturated heterocycles. The van der Waals surface area contributed by atoms with Crippen molar-refractivity contribution in [2.24, 2.45) is 0 Å². The van der Waals surface area contributed by atoms with E-state index in [0.29, 0.717) is 44.8 Å². The highest BCUT2D eigenvalue weighted by molar-refractivity contribution is 7.17. The second-order valence-corrected chi connectivity index (χ2v) is 9.16. The first-order valence-corrected chi connectivity index (χ1v) is 12.6. The van der Waals surface area contributed by atoms with Gasteiger partial charge < -0.3 is 25.2 Å². The van der Waals surface area contributed by atoms with Gasteiger partial charge in [-0.25, -0.2) is 4.98 Å². The first-order chi connectivity index (χ1) is 17.5. The zero-order valence-electron chi connectivity index (χ0n) is 19.6. The predicted octanol–water partition coefficient (Wildman–Crippen LogP) is 3.94. The van der Waals surface area contributed by atoms with Crippen LogP contribution in [0.1, 0.15) is 30.7 Å². The molecule has 0 spiro atoms. The van der Waals surface area contributed by atoms with E-state index in [4.69, 9.17) is 14.6 Å². The summed E-state index contributed by atoms with van der Waals surface area (Å²) in [6, 6.07) is 11.1. The molecule has 3 aromatic rings. The lowest BCUT2D eigenvalue weighted by molar-refractivity contribution is -0.385. The lowest BCUT2D eigenvalue weighted by atomic mass is 9.92. The van der Waals surface area contributed by atoms with Crippen LogP contribution in [0.5, 0.6) is 0 Å². The number of hydrogen-bond donors (Lipinski definition) is 3. The van der Waals surface area contributed by atoms with Gasteiger partial charge in [-0.2, -0.15) is 0 Å². The van der Waals surface area contributed by atoms with Crippen LogP contribution in [0.3, 0.4) is 0 Å². The van der Waals surface area contributed by atoms with Crippen molar-refractivity contribution in [3.8, 4) is 0 Å². The molecule has 0 bridgehead atoms. The number of nitrogens with zero attached hydrogens (tertiary/aromatic N) is 2. The Hall–Kier alpha value is -3.54. The van der Waals surface area contributed by atoms with Crippen molar-refractivity contribution in [3.63, 3.8) is 0 Å². The minimum Gasteiger partial charge on any atom is -0.459 e. The third-order valence-electron chi connectivity index (χ3n) is 5.72. The Morgan fingerprint density at radius 1 is 1.25 bits per heavy atom. The van der Waals surface area contributed by atoms with Gasteiger partial charge in [-0.1, -0.05) is 18.2 Å². The molecular weight excluding hydrogens is 484 g/mol. The van der Waals surface area contributed by atoms with E-state index < -0.39 is 11.2 Å². The lowest BCUT2D eigenvalue weighted by Gasteiger charge is -2.29. The fraction of sp³-hybridized carbons (Fsp3) is 0.360. The number of aliphatic hydroxyl groups is 1. The van der Waals surface area contributed by atoms with E-state index in [1.165, 1.54) is 23.0 Å². The van der Waals surface area contributed by atoms with Gasteiger partial charge in [0.25, 0.3) is 11.6 Å². The van der Waals surface area contributed by atoms with Gasteiger partial charge in [0, 0.05) is 42.8 Å². The van der Waals surface area contributed by atoms with Gasteiger partial charge in [0.2, 0.25) is 6.29 Å². The number of carbonyl (C=O) groups excluding carboxylic acids is 1. The first kappa shape index (κ1) is 25.5. The number of ether oxygens (including phenoxy) is 2. The number of benzene rings is 1. The number of pyridine rings is 1. The van der Waals surface area contributed by atoms with E-state index in [0.717, 1.165) is 10.9 Å². The highest BCUT2D eigenvalue weighted by Gasteiger charge is 2.29. The van der Waals surface area contributed by atoms with E-state index in [-0.39, 0.29) is 29.9 Å². The normalized spacial score (nSPS) is 17.3. The molecule has 1 aromatic carbocycles. The van der Waals surface area contributed by atoms with Crippen molar-refractivity contribution >= 4 is 38.8 Å². The standard InChI is InChI=1S/C25H28N4O6S/c30-11-3-4-12-34-24-14-17(20-16-36-22-6-2-1-5-19(20)22)13-21(35-24)25(31)27-10-9-26-23-8-7-18(15-28-23)29(32)33/h1-2,5-8,13,15-17,24,30H,3-4,9-12,14H2,(H,26,28)(H,27,31)/t17-,24+/m1/s1. The number of amides is 1. The third-order valence-corrected chi connectivity index (χ3v) is 6.70. The summed E-state index contributed by atoms with van der Waals surface area (Å²) < 4.78 is 13.0. The fourth-order valence-corrected chi connectivity index (χ4v) is 4.93. The van der Waals surface area contributed by atoms with E-state index in [1.54, 1.807) is 11.3 Å². The molecule has 0 unspecified atom stereocenters. The smallest absolute Gasteiger partial charge is 0.287 e. The summed E-state index contributed by atoms with van der Waals surface area (Å²) in [6.07, 6.45) is 4.39. The van der Waals surface area contributed by atoms with Gasteiger partial charge in [0.15, 0.2) is 5.76 Å². The van der Waals surface area contributed by atoms with Crippen molar-refractivity contribution in [3.05, 3.63) is 75.5 Å². The van der Waals surface area contributed by atoms with Crippen molar-refractivity contribution in [2.75, 3.05) is 31.6 Å². The Morgan fingerprint density at radius 2 is 2.11 bits per heavy atom. The van der Waals surface area contributed by atoms with Gasteiger partial charge in [0.05, 0.1) is 11.5 Å². The molecular formula is C25H28N4O6S. The number of carbonyl (C=O) groups is 1. The molecule has 3 heterocycles. The van der Waals surface area contributed by atoms with Crippen LogP contribution in [0.4, 0.5) is 11.5 Å². The Balaban J connectivity index is 1.38. The molecule has 36 heavy (non-hydrogen) atoms. The number of aromatic nitrogens is 1. The second kappa shape index (κ2) is 12.4. The zero-order valence-corrected chi connectivity index (χ0v) is 20.4. The summed E-state index contributed by atoms with van der Waals surface area (Å²) >= 11 is 1.67. The van der Waals surface area contributed by atoms with Crippen molar-refractivity contribution in [2.45, 2.75) is 31.5 Å². The maximum atomic E-state index is 12.9. The number of nitro groups is 1. The number of nitrogens with one attached hydrogen (secondary N) is 2. The monoisotopic (exact) mass is 512 g/mol. The summed E-state index contributed by atoms with van der Waals surface area (Å²) in [5.41, 5.74) is 1.05. The molecule has 0 saturated carbocycles. The number of fused-ring (bicyclic) bond motifs is 1. The largest absolute Gasteiger partial charge is 0.459 e. The van der Waals surface area contributed by atoms with Crippen LogP contribution in [0.2, 0.25) is 0 Å². The zero-order chi connectivity index (χ0) is 25.3. The summed E-state index contributed by atoms with van der Waals surface area (Å²) in [5, 5.41) is 28.9.